The van der Waals surface area contributed by atoms with E-state index in [2.05, 4.69) is 37.8 Å². The van der Waals surface area contributed by atoms with E-state index < -0.39 is 0 Å². The first-order valence-corrected chi connectivity index (χ1v) is 7.10. The number of piperidine rings is 1. The Bertz CT molecular complexity index is 456. The van der Waals surface area contributed by atoms with Crippen LogP contribution in [0.25, 0.3) is 0 Å². The first-order valence-electron chi connectivity index (χ1n) is 7.10. The molecule has 1 fully saturated rings. The molecule has 0 aliphatic carbocycles. The predicted molar refractivity (Wildman–Crippen MR) is 80.6 cm³/mol. The molecular formula is C16H25N3. The van der Waals surface area contributed by atoms with Gasteiger partial charge >= 0.3 is 0 Å². The Hall–Kier alpha value is -1.35. The van der Waals surface area contributed by atoms with Gasteiger partial charge in [0, 0.05) is 19.0 Å². The molecule has 0 aromatic heterocycles. The number of aryl methyl sites for hydroxylation is 3. The summed E-state index contributed by atoms with van der Waals surface area (Å²) in [7, 11) is 0. The van der Waals surface area contributed by atoms with Crippen LogP contribution in [0.15, 0.2) is 12.1 Å². The van der Waals surface area contributed by atoms with Gasteiger partial charge in [-0.25, -0.2) is 0 Å². The number of nitrogens with zero attached hydrogens (tertiary/aromatic N) is 1. The van der Waals surface area contributed by atoms with Crippen LogP contribution in [-0.4, -0.2) is 23.8 Å². The van der Waals surface area contributed by atoms with Crippen molar-refractivity contribution >= 4 is 5.84 Å². The average molecular weight is 259 g/mol. The fourth-order valence-corrected chi connectivity index (χ4v) is 3.14. The number of likely N-dealkylation sites (tertiary alicyclic amines) is 1. The van der Waals surface area contributed by atoms with Gasteiger partial charge in [-0.3, -0.25) is 10.3 Å². The standard InChI is InChI=1S/C16H25N3/c1-11-7-12(2)15(13(3)8-11)10-19-6-4-5-14(9-19)16(17)18/h7-8,14H,4-6,9-10H2,1-3H3,(H3,17,18). The second-order valence-electron chi connectivity index (χ2n) is 5.91. The molecule has 1 aliphatic heterocycles. The minimum atomic E-state index is 0.250. The van der Waals surface area contributed by atoms with Gasteiger partial charge in [-0.15, -0.1) is 0 Å². The lowest BCUT2D eigenvalue weighted by Gasteiger charge is -2.33. The zero-order chi connectivity index (χ0) is 14.0. The van der Waals surface area contributed by atoms with Crippen LogP contribution in [0.4, 0.5) is 0 Å². The van der Waals surface area contributed by atoms with Gasteiger partial charge in [0.25, 0.3) is 0 Å². The van der Waals surface area contributed by atoms with E-state index >= 15 is 0 Å². The summed E-state index contributed by atoms with van der Waals surface area (Å²) in [5, 5.41) is 7.62. The third-order valence-electron chi connectivity index (χ3n) is 4.17. The van der Waals surface area contributed by atoms with E-state index in [1.165, 1.54) is 22.3 Å². The Morgan fingerprint density at radius 1 is 1.32 bits per heavy atom. The van der Waals surface area contributed by atoms with Crippen LogP contribution in [0.3, 0.4) is 0 Å². The molecule has 104 valence electrons. The minimum Gasteiger partial charge on any atom is -0.387 e. The normalized spacial score (nSPS) is 20.5. The zero-order valence-electron chi connectivity index (χ0n) is 12.3. The molecular weight excluding hydrogens is 234 g/mol. The van der Waals surface area contributed by atoms with Crippen LogP contribution in [0.5, 0.6) is 0 Å². The lowest BCUT2D eigenvalue weighted by molar-refractivity contribution is 0.195. The largest absolute Gasteiger partial charge is 0.387 e. The van der Waals surface area contributed by atoms with E-state index in [1.54, 1.807) is 0 Å². The molecule has 3 heteroatoms. The average Bonchev–Trinajstić information content (AvgIpc) is 2.34. The van der Waals surface area contributed by atoms with Gasteiger partial charge in [-0.2, -0.15) is 0 Å². The van der Waals surface area contributed by atoms with E-state index in [4.69, 9.17) is 11.1 Å². The van der Waals surface area contributed by atoms with Gasteiger partial charge in [0.05, 0.1) is 5.84 Å². The highest BCUT2D eigenvalue weighted by Gasteiger charge is 2.22. The maximum Gasteiger partial charge on any atom is 0.0949 e. The fraction of sp³-hybridized carbons (Fsp3) is 0.562. The summed E-state index contributed by atoms with van der Waals surface area (Å²) in [6, 6.07) is 4.52. The van der Waals surface area contributed by atoms with Gasteiger partial charge in [-0.1, -0.05) is 17.7 Å². The fourth-order valence-electron chi connectivity index (χ4n) is 3.14. The smallest absolute Gasteiger partial charge is 0.0949 e. The van der Waals surface area contributed by atoms with Crippen LogP contribution < -0.4 is 5.73 Å². The third-order valence-corrected chi connectivity index (χ3v) is 4.17. The Balaban J connectivity index is 2.11. The van der Waals surface area contributed by atoms with Crippen molar-refractivity contribution in [3.63, 3.8) is 0 Å². The first-order chi connectivity index (χ1) is 8.97. The summed E-state index contributed by atoms with van der Waals surface area (Å²) in [5.74, 6) is 0.599. The predicted octanol–water partition coefficient (Wildman–Crippen LogP) is 2.76. The SMILES string of the molecule is Cc1cc(C)c(CN2CCCC(C(=N)N)C2)c(C)c1. The van der Waals surface area contributed by atoms with E-state index in [9.17, 15) is 0 Å². The van der Waals surface area contributed by atoms with Gasteiger partial charge in [0.2, 0.25) is 0 Å². The number of rotatable bonds is 3. The number of amidine groups is 1. The summed E-state index contributed by atoms with van der Waals surface area (Å²) in [6.45, 7) is 9.58. The van der Waals surface area contributed by atoms with Crippen molar-refractivity contribution in [1.82, 2.24) is 4.90 Å². The van der Waals surface area contributed by atoms with E-state index in [0.717, 1.165) is 32.5 Å². The Kier molecular flexibility index (Phi) is 4.25. The minimum absolute atomic E-state index is 0.250. The highest BCUT2D eigenvalue weighted by atomic mass is 15.1. The highest BCUT2D eigenvalue weighted by molar-refractivity contribution is 5.79. The maximum atomic E-state index is 7.62. The Morgan fingerprint density at radius 2 is 1.95 bits per heavy atom. The Morgan fingerprint density at radius 3 is 2.53 bits per heavy atom. The molecule has 0 bridgehead atoms. The van der Waals surface area contributed by atoms with Crippen molar-refractivity contribution in [3.8, 4) is 0 Å². The number of hydrogen-bond donors (Lipinski definition) is 2. The van der Waals surface area contributed by atoms with Gasteiger partial charge in [-0.05, 0) is 56.8 Å². The summed E-state index contributed by atoms with van der Waals surface area (Å²) < 4.78 is 0. The highest BCUT2D eigenvalue weighted by Crippen LogP contribution is 2.22. The summed E-state index contributed by atoms with van der Waals surface area (Å²) in [5.41, 5.74) is 11.2. The second-order valence-corrected chi connectivity index (χ2v) is 5.91. The molecule has 3 N–H and O–H groups in total. The van der Waals surface area contributed by atoms with Crippen molar-refractivity contribution in [1.29, 1.82) is 5.41 Å². The molecule has 1 heterocycles. The van der Waals surface area contributed by atoms with E-state index in [0.29, 0.717) is 5.84 Å². The third kappa shape index (κ3) is 3.35. The number of nitrogens with two attached hydrogens (primary N) is 1. The van der Waals surface area contributed by atoms with E-state index in [1.807, 2.05) is 0 Å². The van der Waals surface area contributed by atoms with Crippen molar-refractivity contribution in [2.24, 2.45) is 11.7 Å². The van der Waals surface area contributed by atoms with Crippen LogP contribution >= 0.6 is 0 Å². The van der Waals surface area contributed by atoms with Gasteiger partial charge in [0.15, 0.2) is 0 Å². The molecule has 1 aliphatic rings. The van der Waals surface area contributed by atoms with Crippen LogP contribution in [0.2, 0.25) is 0 Å². The molecule has 3 nitrogen and oxygen atoms in total. The van der Waals surface area contributed by atoms with Gasteiger partial charge < -0.3 is 5.73 Å². The molecule has 0 spiro atoms. The Labute approximate surface area is 116 Å². The number of nitrogens with one attached hydrogen (secondary N) is 1. The number of hydrogen-bond acceptors (Lipinski definition) is 2. The lowest BCUT2D eigenvalue weighted by atomic mass is 9.94. The van der Waals surface area contributed by atoms with Crippen molar-refractivity contribution in [3.05, 3.63) is 34.4 Å². The molecule has 19 heavy (non-hydrogen) atoms. The molecule has 0 radical (unpaired) electrons. The summed E-state index contributed by atoms with van der Waals surface area (Å²) in [4.78, 5) is 2.44. The maximum absolute atomic E-state index is 7.62. The molecule has 1 unspecified atom stereocenters. The van der Waals surface area contributed by atoms with Crippen LogP contribution in [0.1, 0.15) is 35.1 Å². The lowest BCUT2D eigenvalue weighted by Crippen LogP contribution is -2.40. The van der Waals surface area contributed by atoms with Crippen molar-refractivity contribution in [2.45, 2.75) is 40.2 Å². The molecule has 2 rings (SSSR count). The topological polar surface area (TPSA) is 53.1 Å². The molecule has 1 saturated heterocycles. The molecule has 0 amide bonds. The van der Waals surface area contributed by atoms with E-state index in [-0.39, 0.29) is 5.92 Å². The zero-order valence-corrected chi connectivity index (χ0v) is 12.3. The first kappa shape index (κ1) is 14.1. The second kappa shape index (κ2) is 5.74. The van der Waals surface area contributed by atoms with Crippen LogP contribution in [0, 0.1) is 32.1 Å². The number of benzene rings is 1. The quantitative estimate of drug-likeness (QED) is 0.648. The van der Waals surface area contributed by atoms with Crippen molar-refractivity contribution in [2.75, 3.05) is 13.1 Å². The van der Waals surface area contributed by atoms with Crippen molar-refractivity contribution < 1.29 is 0 Å². The molecule has 1 atom stereocenters. The molecule has 1 aromatic rings. The summed E-state index contributed by atoms with van der Waals surface area (Å²) in [6.07, 6.45) is 2.21. The molecule has 0 saturated carbocycles. The monoisotopic (exact) mass is 259 g/mol. The molecule has 1 aromatic carbocycles. The summed E-state index contributed by atoms with van der Waals surface area (Å²) >= 11 is 0. The van der Waals surface area contributed by atoms with Crippen LogP contribution in [-0.2, 0) is 6.54 Å². The van der Waals surface area contributed by atoms with Gasteiger partial charge in [0.1, 0.15) is 0 Å².